The minimum atomic E-state index is -1.68. The number of hydrogen-bond donors (Lipinski definition) is 1. The molecule has 0 aromatic rings. The van der Waals surface area contributed by atoms with Crippen LogP contribution < -0.4 is 0 Å². The van der Waals surface area contributed by atoms with E-state index in [9.17, 15) is 24.3 Å². The highest BCUT2D eigenvalue weighted by Gasteiger charge is 2.51. The molecule has 0 radical (unpaired) electrons. The molecule has 10 nitrogen and oxygen atoms in total. The molecule has 0 saturated carbocycles. The highest BCUT2D eigenvalue weighted by molar-refractivity contribution is 5.68. The Morgan fingerprint density at radius 1 is 0.792 bits per heavy atom. The van der Waals surface area contributed by atoms with Gasteiger partial charge < -0.3 is 28.8 Å². The lowest BCUT2D eigenvalue weighted by molar-refractivity contribution is -0.296. The molecule has 0 spiro atoms. The summed E-state index contributed by atoms with van der Waals surface area (Å²) < 4.78 is 25.0. The van der Waals surface area contributed by atoms with Crippen molar-refractivity contribution in [1.82, 2.24) is 0 Å². The second-order valence-corrected chi connectivity index (χ2v) is 5.09. The summed E-state index contributed by atoms with van der Waals surface area (Å²) in [5.41, 5.74) is 0. The summed E-state index contributed by atoms with van der Waals surface area (Å²) in [5.74, 6) is -2.87. The number of aliphatic hydroxyl groups is 1. The molecule has 0 bridgehead atoms. The number of hydrogen-bond acceptors (Lipinski definition) is 10. The van der Waals surface area contributed by atoms with Gasteiger partial charge in [-0.3, -0.25) is 19.2 Å². The van der Waals surface area contributed by atoms with E-state index >= 15 is 0 Å². The molecular weight excluding hydrogens is 328 g/mol. The molecule has 0 aromatic heterocycles. The van der Waals surface area contributed by atoms with Gasteiger partial charge >= 0.3 is 23.9 Å². The molecule has 1 saturated heterocycles. The van der Waals surface area contributed by atoms with E-state index in [0.717, 1.165) is 27.7 Å². The highest BCUT2D eigenvalue weighted by atomic mass is 16.7. The van der Waals surface area contributed by atoms with Gasteiger partial charge in [-0.25, -0.2) is 0 Å². The van der Waals surface area contributed by atoms with Crippen molar-refractivity contribution in [2.75, 3.05) is 6.61 Å². The van der Waals surface area contributed by atoms with Crippen molar-refractivity contribution in [3.8, 4) is 0 Å². The average molecular weight is 348 g/mol. The van der Waals surface area contributed by atoms with Crippen LogP contribution in [-0.4, -0.2) is 66.3 Å². The van der Waals surface area contributed by atoms with Gasteiger partial charge in [0.05, 0.1) is 0 Å². The van der Waals surface area contributed by atoms with Gasteiger partial charge in [-0.05, 0) is 0 Å². The minimum Gasteiger partial charge on any atom is -0.463 e. The average Bonchev–Trinajstić information content (AvgIpc) is 2.42. The van der Waals surface area contributed by atoms with Crippen molar-refractivity contribution in [1.29, 1.82) is 0 Å². The molecule has 1 heterocycles. The molecule has 5 atom stereocenters. The van der Waals surface area contributed by atoms with Crippen LogP contribution in [0.1, 0.15) is 27.7 Å². The molecule has 1 N–H and O–H groups in total. The molecule has 1 aliphatic heterocycles. The topological polar surface area (TPSA) is 135 Å². The fraction of sp³-hybridized carbons (Fsp3) is 0.714. The fourth-order valence-electron chi connectivity index (χ4n) is 2.21. The van der Waals surface area contributed by atoms with Gasteiger partial charge in [-0.1, -0.05) is 0 Å². The Kier molecular flexibility index (Phi) is 7.11. The molecule has 1 fully saturated rings. The van der Waals surface area contributed by atoms with E-state index in [1.807, 2.05) is 0 Å². The Labute approximate surface area is 137 Å². The lowest BCUT2D eigenvalue weighted by Gasteiger charge is -2.42. The maximum atomic E-state index is 11.3. The lowest BCUT2D eigenvalue weighted by Crippen LogP contribution is -2.62. The number of rotatable bonds is 5. The summed E-state index contributed by atoms with van der Waals surface area (Å²) in [6.45, 7) is 4.09. The van der Waals surface area contributed by atoms with E-state index in [1.54, 1.807) is 0 Å². The van der Waals surface area contributed by atoms with E-state index < -0.39 is 54.6 Å². The van der Waals surface area contributed by atoms with Gasteiger partial charge in [0.2, 0.25) is 0 Å². The smallest absolute Gasteiger partial charge is 0.303 e. The molecule has 1 rings (SSSR count). The van der Waals surface area contributed by atoms with Crippen LogP contribution in [-0.2, 0) is 42.9 Å². The third-order valence-electron chi connectivity index (χ3n) is 2.97. The Hall–Kier alpha value is -2.20. The third kappa shape index (κ3) is 5.78. The lowest BCUT2D eigenvalue weighted by atomic mass is 9.98. The summed E-state index contributed by atoms with van der Waals surface area (Å²) in [6, 6.07) is 0. The van der Waals surface area contributed by atoms with Gasteiger partial charge in [0.1, 0.15) is 12.7 Å². The Balaban J connectivity index is 3.11. The summed E-state index contributed by atoms with van der Waals surface area (Å²) in [7, 11) is 0. The molecular formula is C14H20O10. The predicted octanol–water partition coefficient (Wildman–Crippen LogP) is -0.938. The SMILES string of the molecule is CC(=O)OC[C@H]1OC(O)C(OC(C)=O)[C@@H](OC(C)=O)[C@@H]1OC(C)=O. The molecule has 0 amide bonds. The van der Waals surface area contributed by atoms with Gasteiger partial charge in [-0.2, -0.15) is 0 Å². The first kappa shape index (κ1) is 19.8. The number of esters is 4. The van der Waals surface area contributed by atoms with Crippen LogP contribution in [0.2, 0.25) is 0 Å². The molecule has 2 unspecified atom stereocenters. The molecule has 136 valence electrons. The van der Waals surface area contributed by atoms with Crippen molar-refractivity contribution in [2.45, 2.75) is 58.4 Å². The monoisotopic (exact) mass is 348 g/mol. The first-order chi connectivity index (χ1) is 11.1. The largest absolute Gasteiger partial charge is 0.463 e. The molecule has 24 heavy (non-hydrogen) atoms. The van der Waals surface area contributed by atoms with Crippen LogP contribution in [0.15, 0.2) is 0 Å². The van der Waals surface area contributed by atoms with Crippen LogP contribution in [0.3, 0.4) is 0 Å². The van der Waals surface area contributed by atoms with Gasteiger partial charge in [0.25, 0.3) is 0 Å². The number of carbonyl (C=O) groups excluding carboxylic acids is 4. The van der Waals surface area contributed by atoms with Crippen molar-refractivity contribution < 1.29 is 48.0 Å². The maximum absolute atomic E-state index is 11.3. The minimum absolute atomic E-state index is 0.366. The number of aliphatic hydroxyl groups excluding tert-OH is 1. The number of carbonyl (C=O) groups is 4. The van der Waals surface area contributed by atoms with Crippen LogP contribution in [0.25, 0.3) is 0 Å². The number of ether oxygens (including phenoxy) is 5. The maximum Gasteiger partial charge on any atom is 0.303 e. The normalized spacial score (nSPS) is 29.3. The molecule has 10 heteroatoms. The zero-order valence-electron chi connectivity index (χ0n) is 13.7. The van der Waals surface area contributed by atoms with Crippen LogP contribution in [0, 0.1) is 0 Å². The highest BCUT2D eigenvalue weighted by Crippen LogP contribution is 2.28. The fourth-order valence-corrected chi connectivity index (χ4v) is 2.21. The van der Waals surface area contributed by atoms with E-state index in [0.29, 0.717) is 0 Å². The zero-order chi connectivity index (χ0) is 18.4. The first-order valence-corrected chi connectivity index (χ1v) is 7.10. The van der Waals surface area contributed by atoms with E-state index in [2.05, 4.69) is 0 Å². The quantitative estimate of drug-likeness (QED) is 0.490. The summed E-state index contributed by atoms with van der Waals surface area (Å²) >= 11 is 0. The third-order valence-corrected chi connectivity index (χ3v) is 2.97. The standard InChI is InChI=1S/C14H20O10/c1-6(15)20-5-10-11(21-7(2)16)12(22-8(3)17)13(14(19)24-10)23-9(4)18/h10-14,19H,5H2,1-4H3/t10-,11-,12+,13?,14?/m1/s1. The van der Waals surface area contributed by atoms with E-state index in [-0.39, 0.29) is 6.61 Å². The molecule has 0 aromatic carbocycles. The Morgan fingerprint density at radius 3 is 1.71 bits per heavy atom. The van der Waals surface area contributed by atoms with Crippen molar-refractivity contribution in [2.24, 2.45) is 0 Å². The van der Waals surface area contributed by atoms with Gasteiger partial charge in [0.15, 0.2) is 24.6 Å². The van der Waals surface area contributed by atoms with E-state index in [4.69, 9.17) is 23.7 Å². The van der Waals surface area contributed by atoms with Crippen LogP contribution >= 0.6 is 0 Å². The van der Waals surface area contributed by atoms with Crippen molar-refractivity contribution in [3.05, 3.63) is 0 Å². The van der Waals surface area contributed by atoms with Crippen molar-refractivity contribution >= 4 is 23.9 Å². The summed E-state index contributed by atoms with van der Waals surface area (Å²) in [4.78, 5) is 44.9. The summed E-state index contributed by atoms with van der Waals surface area (Å²) in [6.07, 6.45) is -6.79. The van der Waals surface area contributed by atoms with Gasteiger partial charge in [-0.15, -0.1) is 0 Å². The molecule has 0 aliphatic carbocycles. The van der Waals surface area contributed by atoms with Crippen molar-refractivity contribution in [3.63, 3.8) is 0 Å². The van der Waals surface area contributed by atoms with Crippen LogP contribution in [0.5, 0.6) is 0 Å². The second kappa shape index (κ2) is 8.60. The van der Waals surface area contributed by atoms with Crippen LogP contribution in [0.4, 0.5) is 0 Å². The molecule has 1 aliphatic rings. The Bertz CT molecular complexity index is 502. The zero-order valence-corrected chi connectivity index (χ0v) is 13.7. The predicted molar refractivity (Wildman–Crippen MR) is 74.2 cm³/mol. The van der Waals surface area contributed by atoms with E-state index in [1.165, 1.54) is 0 Å². The second-order valence-electron chi connectivity index (χ2n) is 5.09. The first-order valence-electron chi connectivity index (χ1n) is 7.10. The summed E-state index contributed by atoms with van der Waals surface area (Å²) in [5, 5.41) is 10.0. The Morgan fingerprint density at radius 2 is 1.25 bits per heavy atom. The van der Waals surface area contributed by atoms with Gasteiger partial charge in [0, 0.05) is 27.7 Å².